The second-order valence-corrected chi connectivity index (χ2v) is 5.36. The lowest BCUT2D eigenvalue weighted by molar-refractivity contribution is 0.112. The first-order valence-corrected chi connectivity index (χ1v) is 6.66. The van der Waals surface area contributed by atoms with Gasteiger partial charge in [-0.05, 0) is 38.6 Å². The molecule has 0 aromatic heterocycles. The molecule has 0 radical (unpaired) electrons. The first-order chi connectivity index (χ1) is 8.63. The number of rotatable bonds is 4. The summed E-state index contributed by atoms with van der Waals surface area (Å²) in [4.78, 5) is 15.6. The molecule has 0 spiro atoms. The fraction of sp³-hybridized carbons (Fsp3) is 0.500. The highest BCUT2D eigenvalue weighted by Crippen LogP contribution is 2.29. The fourth-order valence-corrected chi connectivity index (χ4v) is 2.97. The van der Waals surface area contributed by atoms with Gasteiger partial charge in [0, 0.05) is 25.2 Å². The van der Waals surface area contributed by atoms with Crippen LogP contribution < -0.4 is 4.90 Å². The summed E-state index contributed by atoms with van der Waals surface area (Å²) in [5, 5.41) is 0.641. The van der Waals surface area contributed by atoms with Gasteiger partial charge in [0.1, 0.15) is 0 Å². The van der Waals surface area contributed by atoms with Crippen molar-refractivity contribution in [3.63, 3.8) is 0 Å². The Labute approximate surface area is 113 Å². The quantitative estimate of drug-likeness (QED) is 0.783. The van der Waals surface area contributed by atoms with E-state index in [-0.39, 0.29) is 0 Å². The van der Waals surface area contributed by atoms with Crippen LogP contribution in [0.25, 0.3) is 0 Å². The highest BCUT2D eigenvalue weighted by Gasteiger charge is 2.23. The molecule has 1 saturated heterocycles. The predicted octanol–water partition coefficient (Wildman–Crippen LogP) is 2.68. The van der Waals surface area contributed by atoms with Crippen molar-refractivity contribution in [1.82, 2.24) is 4.90 Å². The van der Waals surface area contributed by atoms with Gasteiger partial charge in [0.25, 0.3) is 0 Å². The summed E-state index contributed by atoms with van der Waals surface area (Å²) in [6.07, 6.45) is 3.33. The third kappa shape index (κ3) is 2.68. The number of halogens is 1. The summed E-state index contributed by atoms with van der Waals surface area (Å²) in [5.74, 6) is 0. The Morgan fingerprint density at radius 1 is 1.56 bits per heavy atom. The molecule has 1 heterocycles. The smallest absolute Gasteiger partial charge is 0.152 e. The molecule has 18 heavy (non-hydrogen) atoms. The SMILES string of the molecule is CN(CC1CCCN1C)c1c(Cl)cccc1C=O. The Morgan fingerprint density at radius 2 is 2.33 bits per heavy atom. The molecule has 1 aliphatic heterocycles. The fourth-order valence-electron chi connectivity index (χ4n) is 2.65. The maximum absolute atomic E-state index is 11.1. The first-order valence-electron chi connectivity index (χ1n) is 6.28. The van der Waals surface area contributed by atoms with Crippen LogP contribution in [0.4, 0.5) is 5.69 Å². The van der Waals surface area contributed by atoms with E-state index in [1.807, 2.05) is 25.2 Å². The van der Waals surface area contributed by atoms with Crippen LogP contribution in [-0.4, -0.2) is 44.4 Å². The number of benzene rings is 1. The van der Waals surface area contributed by atoms with Crippen molar-refractivity contribution in [3.05, 3.63) is 28.8 Å². The number of para-hydroxylation sites is 1. The standard InChI is InChI=1S/C14H19ClN2O/c1-16-8-4-6-12(16)9-17(2)14-11(10-18)5-3-7-13(14)15/h3,5,7,10,12H,4,6,8-9H2,1-2H3. The molecule has 4 heteroatoms. The molecule has 98 valence electrons. The van der Waals surface area contributed by atoms with Crippen LogP contribution in [-0.2, 0) is 0 Å². The Bertz CT molecular complexity index is 436. The lowest BCUT2D eigenvalue weighted by Gasteiger charge is -2.28. The number of likely N-dealkylation sites (tertiary alicyclic amines) is 1. The first kappa shape index (κ1) is 13.4. The van der Waals surface area contributed by atoms with Crippen LogP contribution in [0.15, 0.2) is 18.2 Å². The minimum absolute atomic E-state index is 0.547. The van der Waals surface area contributed by atoms with Crippen LogP contribution in [0.3, 0.4) is 0 Å². The van der Waals surface area contributed by atoms with E-state index in [1.165, 1.54) is 12.8 Å². The molecule has 2 rings (SSSR count). The van der Waals surface area contributed by atoms with E-state index < -0.39 is 0 Å². The largest absolute Gasteiger partial charge is 0.371 e. The summed E-state index contributed by atoms with van der Waals surface area (Å²) < 4.78 is 0. The number of carbonyl (C=O) groups excluding carboxylic acids is 1. The van der Waals surface area contributed by atoms with Gasteiger partial charge in [-0.2, -0.15) is 0 Å². The minimum Gasteiger partial charge on any atom is -0.371 e. The molecule has 0 N–H and O–H groups in total. The van der Waals surface area contributed by atoms with Gasteiger partial charge in [0.05, 0.1) is 10.7 Å². The second kappa shape index (κ2) is 5.72. The maximum atomic E-state index is 11.1. The summed E-state index contributed by atoms with van der Waals surface area (Å²) in [5.41, 5.74) is 1.50. The van der Waals surface area contributed by atoms with Crippen LogP contribution in [0, 0.1) is 0 Å². The van der Waals surface area contributed by atoms with Gasteiger partial charge in [0.15, 0.2) is 6.29 Å². The number of carbonyl (C=O) groups is 1. The van der Waals surface area contributed by atoms with Gasteiger partial charge < -0.3 is 9.80 Å². The average molecular weight is 267 g/mol. The number of anilines is 1. The van der Waals surface area contributed by atoms with E-state index in [4.69, 9.17) is 11.6 Å². The third-order valence-electron chi connectivity index (χ3n) is 3.68. The number of aldehydes is 1. The molecule has 3 nitrogen and oxygen atoms in total. The molecule has 1 aromatic carbocycles. The zero-order valence-corrected chi connectivity index (χ0v) is 11.7. The number of hydrogen-bond acceptors (Lipinski definition) is 3. The van der Waals surface area contributed by atoms with E-state index in [0.717, 1.165) is 25.1 Å². The Morgan fingerprint density at radius 3 is 2.94 bits per heavy atom. The van der Waals surface area contributed by atoms with Gasteiger partial charge >= 0.3 is 0 Å². The van der Waals surface area contributed by atoms with Crippen molar-refractivity contribution >= 4 is 23.6 Å². The normalized spacial score (nSPS) is 20.1. The lowest BCUT2D eigenvalue weighted by Crippen LogP contribution is -2.37. The van der Waals surface area contributed by atoms with Gasteiger partial charge in [-0.1, -0.05) is 17.7 Å². The molecule has 0 saturated carbocycles. The van der Waals surface area contributed by atoms with E-state index in [9.17, 15) is 4.79 Å². The predicted molar refractivity (Wildman–Crippen MR) is 75.8 cm³/mol. The zero-order valence-electron chi connectivity index (χ0n) is 10.9. The summed E-state index contributed by atoms with van der Waals surface area (Å²) in [6, 6.07) is 6.00. The Hall–Kier alpha value is -1.06. The van der Waals surface area contributed by atoms with Crippen LogP contribution >= 0.6 is 11.6 Å². The van der Waals surface area contributed by atoms with Gasteiger partial charge in [-0.25, -0.2) is 0 Å². The third-order valence-corrected chi connectivity index (χ3v) is 3.99. The lowest BCUT2D eigenvalue weighted by atomic mass is 10.1. The summed E-state index contributed by atoms with van der Waals surface area (Å²) >= 11 is 6.21. The van der Waals surface area contributed by atoms with Crippen LogP contribution in [0.2, 0.25) is 5.02 Å². The number of hydrogen-bond donors (Lipinski definition) is 0. The van der Waals surface area contributed by atoms with E-state index >= 15 is 0 Å². The van der Waals surface area contributed by atoms with Crippen molar-refractivity contribution in [2.45, 2.75) is 18.9 Å². The Kier molecular flexibility index (Phi) is 4.25. The zero-order chi connectivity index (χ0) is 13.1. The molecule has 1 fully saturated rings. The van der Waals surface area contributed by atoms with E-state index in [2.05, 4.69) is 16.8 Å². The van der Waals surface area contributed by atoms with E-state index in [0.29, 0.717) is 16.6 Å². The van der Waals surface area contributed by atoms with Crippen molar-refractivity contribution in [3.8, 4) is 0 Å². The molecular formula is C14H19ClN2O. The summed E-state index contributed by atoms with van der Waals surface area (Å²) in [6.45, 7) is 2.06. The summed E-state index contributed by atoms with van der Waals surface area (Å²) in [7, 11) is 4.15. The second-order valence-electron chi connectivity index (χ2n) is 4.95. The van der Waals surface area contributed by atoms with Gasteiger partial charge in [0.2, 0.25) is 0 Å². The molecule has 0 amide bonds. The average Bonchev–Trinajstić information content (AvgIpc) is 2.74. The topological polar surface area (TPSA) is 23.6 Å². The Balaban J connectivity index is 2.17. The van der Waals surface area contributed by atoms with Crippen molar-refractivity contribution in [2.24, 2.45) is 0 Å². The van der Waals surface area contributed by atoms with Crippen molar-refractivity contribution in [2.75, 3.05) is 32.1 Å². The molecule has 1 atom stereocenters. The van der Waals surface area contributed by atoms with Crippen molar-refractivity contribution < 1.29 is 4.79 Å². The van der Waals surface area contributed by atoms with Crippen molar-refractivity contribution in [1.29, 1.82) is 0 Å². The molecule has 1 aromatic rings. The number of likely N-dealkylation sites (N-methyl/N-ethyl adjacent to an activating group) is 2. The maximum Gasteiger partial charge on any atom is 0.152 e. The molecule has 0 bridgehead atoms. The monoisotopic (exact) mass is 266 g/mol. The number of nitrogens with zero attached hydrogens (tertiary/aromatic N) is 2. The van der Waals surface area contributed by atoms with Gasteiger partial charge in [-0.15, -0.1) is 0 Å². The van der Waals surface area contributed by atoms with Gasteiger partial charge in [-0.3, -0.25) is 4.79 Å². The minimum atomic E-state index is 0.547. The highest BCUT2D eigenvalue weighted by molar-refractivity contribution is 6.33. The van der Waals surface area contributed by atoms with Crippen LogP contribution in [0.1, 0.15) is 23.2 Å². The van der Waals surface area contributed by atoms with Crippen LogP contribution in [0.5, 0.6) is 0 Å². The van der Waals surface area contributed by atoms with E-state index in [1.54, 1.807) is 0 Å². The molecule has 1 unspecified atom stereocenters. The highest BCUT2D eigenvalue weighted by atomic mass is 35.5. The molecular weight excluding hydrogens is 248 g/mol. The molecule has 1 aliphatic rings. The molecule has 0 aliphatic carbocycles.